The summed E-state index contributed by atoms with van der Waals surface area (Å²) < 4.78 is 0. The normalized spacial score (nSPS) is 15.6. The van der Waals surface area contributed by atoms with E-state index in [-0.39, 0.29) is 11.7 Å². The zero-order valence-electron chi connectivity index (χ0n) is 15.5. The van der Waals surface area contributed by atoms with E-state index in [1.165, 1.54) is 0 Å². The van der Waals surface area contributed by atoms with Crippen molar-refractivity contribution in [1.29, 1.82) is 0 Å². The molecule has 0 atom stereocenters. The van der Waals surface area contributed by atoms with Crippen molar-refractivity contribution in [3.05, 3.63) is 42.1 Å². The first-order valence-corrected chi connectivity index (χ1v) is 9.20. The first kappa shape index (κ1) is 17.5. The number of hydrogen-bond acceptors (Lipinski definition) is 5. The van der Waals surface area contributed by atoms with E-state index in [2.05, 4.69) is 33.9 Å². The fourth-order valence-corrected chi connectivity index (χ4v) is 3.50. The third-order valence-electron chi connectivity index (χ3n) is 5.15. The molecule has 1 amide bonds. The van der Waals surface area contributed by atoms with Crippen LogP contribution in [0.4, 0.5) is 0 Å². The molecule has 3 heterocycles. The number of aromatic amines is 1. The number of nitrogens with zero attached hydrogens (tertiary/aromatic N) is 4. The van der Waals surface area contributed by atoms with Crippen LogP contribution in [0.3, 0.4) is 0 Å². The minimum atomic E-state index is 0.00670. The molecule has 0 aliphatic carbocycles. The lowest BCUT2D eigenvalue weighted by molar-refractivity contribution is 0.0597. The Morgan fingerprint density at radius 3 is 2.52 bits per heavy atom. The Morgan fingerprint density at radius 1 is 1.15 bits per heavy atom. The van der Waals surface area contributed by atoms with Crippen molar-refractivity contribution in [3.8, 4) is 17.0 Å². The molecule has 27 heavy (non-hydrogen) atoms. The largest absolute Gasteiger partial charge is 0.508 e. The minimum absolute atomic E-state index is 0.00670. The molecule has 7 heteroatoms. The maximum atomic E-state index is 13.2. The Hall–Kier alpha value is -2.93. The number of phenolic OH excluding ortho intramolecular Hbond substituents is 1. The summed E-state index contributed by atoms with van der Waals surface area (Å²) in [5.41, 5.74) is 2.71. The summed E-state index contributed by atoms with van der Waals surface area (Å²) >= 11 is 0. The maximum absolute atomic E-state index is 13.2. The number of piperazine rings is 1. The van der Waals surface area contributed by atoms with Gasteiger partial charge in [-0.25, -0.2) is 4.98 Å². The van der Waals surface area contributed by atoms with Crippen LogP contribution in [0, 0.1) is 0 Å². The lowest BCUT2D eigenvalue weighted by atomic mass is 10.1. The Kier molecular flexibility index (Phi) is 4.53. The van der Waals surface area contributed by atoms with Crippen molar-refractivity contribution < 1.29 is 9.90 Å². The fraction of sp³-hybridized carbons (Fsp3) is 0.350. The molecule has 0 saturated carbocycles. The van der Waals surface area contributed by atoms with E-state index < -0.39 is 0 Å². The average molecular weight is 365 g/mol. The monoisotopic (exact) mass is 365 g/mol. The van der Waals surface area contributed by atoms with Crippen LogP contribution in [0.2, 0.25) is 0 Å². The lowest BCUT2D eigenvalue weighted by Crippen LogP contribution is -2.50. The van der Waals surface area contributed by atoms with Gasteiger partial charge in [0, 0.05) is 37.8 Å². The number of benzene rings is 1. The van der Waals surface area contributed by atoms with Gasteiger partial charge in [0.2, 0.25) is 0 Å². The minimum Gasteiger partial charge on any atom is -0.508 e. The number of H-pyrrole nitrogens is 1. The Labute approximate surface area is 157 Å². The highest BCUT2D eigenvalue weighted by Crippen LogP contribution is 2.26. The lowest BCUT2D eigenvalue weighted by Gasteiger charge is -2.37. The highest BCUT2D eigenvalue weighted by atomic mass is 16.3. The number of pyridine rings is 1. The summed E-state index contributed by atoms with van der Waals surface area (Å²) in [5.74, 6) is 0.202. The summed E-state index contributed by atoms with van der Waals surface area (Å²) in [6.07, 6.45) is 1.65. The topological polar surface area (TPSA) is 85.4 Å². The van der Waals surface area contributed by atoms with Gasteiger partial charge in [0.15, 0.2) is 5.65 Å². The summed E-state index contributed by atoms with van der Waals surface area (Å²) in [6, 6.07) is 9.11. The van der Waals surface area contributed by atoms with Crippen molar-refractivity contribution in [3.63, 3.8) is 0 Å². The number of aromatic nitrogens is 3. The molecule has 0 spiro atoms. The first-order chi connectivity index (χ1) is 13.0. The van der Waals surface area contributed by atoms with Gasteiger partial charge >= 0.3 is 0 Å². The van der Waals surface area contributed by atoms with E-state index in [4.69, 9.17) is 0 Å². The average Bonchev–Trinajstić information content (AvgIpc) is 3.16. The van der Waals surface area contributed by atoms with Crippen molar-refractivity contribution >= 4 is 16.9 Å². The van der Waals surface area contributed by atoms with Crippen molar-refractivity contribution in [2.75, 3.05) is 26.2 Å². The second kappa shape index (κ2) is 7.00. The summed E-state index contributed by atoms with van der Waals surface area (Å²) in [7, 11) is 0. The summed E-state index contributed by atoms with van der Waals surface area (Å²) in [5, 5.41) is 17.2. The maximum Gasteiger partial charge on any atom is 0.254 e. The van der Waals surface area contributed by atoms with E-state index >= 15 is 0 Å². The van der Waals surface area contributed by atoms with Crippen LogP contribution in [0.5, 0.6) is 5.75 Å². The molecule has 7 nitrogen and oxygen atoms in total. The van der Waals surface area contributed by atoms with E-state index in [1.54, 1.807) is 30.5 Å². The van der Waals surface area contributed by atoms with Gasteiger partial charge in [0.25, 0.3) is 5.91 Å². The third kappa shape index (κ3) is 3.38. The Balaban J connectivity index is 1.67. The van der Waals surface area contributed by atoms with Gasteiger partial charge in [-0.2, -0.15) is 5.10 Å². The number of carbonyl (C=O) groups is 1. The second-order valence-corrected chi connectivity index (χ2v) is 7.16. The summed E-state index contributed by atoms with van der Waals surface area (Å²) in [6.45, 7) is 7.56. The molecule has 1 aliphatic heterocycles. The molecule has 0 radical (unpaired) electrons. The van der Waals surface area contributed by atoms with Crippen LogP contribution in [-0.4, -0.2) is 68.2 Å². The van der Waals surface area contributed by atoms with Crippen molar-refractivity contribution in [2.24, 2.45) is 0 Å². The van der Waals surface area contributed by atoms with Crippen LogP contribution in [-0.2, 0) is 0 Å². The predicted octanol–water partition coefficient (Wildman–Crippen LogP) is 2.50. The third-order valence-corrected chi connectivity index (χ3v) is 5.15. The molecule has 140 valence electrons. The van der Waals surface area contributed by atoms with Gasteiger partial charge in [-0.05, 0) is 44.2 Å². The molecule has 3 aromatic rings. The quantitative estimate of drug-likeness (QED) is 0.745. The van der Waals surface area contributed by atoms with E-state index in [1.807, 2.05) is 11.0 Å². The fourth-order valence-electron chi connectivity index (χ4n) is 3.50. The zero-order valence-corrected chi connectivity index (χ0v) is 15.5. The Bertz CT molecular complexity index is 956. The molecular formula is C20H23N5O2. The molecule has 1 fully saturated rings. The van der Waals surface area contributed by atoms with E-state index in [0.29, 0.717) is 36.0 Å². The molecule has 4 rings (SSSR count). The zero-order chi connectivity index (χ0) is 19.0. The summed E-state index contributed by atoms with van der Waals surface area (Å²) in [4.78, 5) is 22.1. The molecule has 0 bridgehead atoms. The SMILES string of the molecule is CC(C)N1CCN(C(=O)c2cc(-c3ccc(O)cc3)nc3[nH]ncc23)CC1. The number of carbonyl (C=O) groups excluding carboxylic acids is 1. The van der Waals surface area contributed by atoms with Gasteiger partial charge in [0.1, 0.15) is 5.75 Å². The second-order valence-electron chi connectivity index (χ2n) is 7.16. The van der Waals surface area contributed by atoms with E-state index in [0.717, 1.165) is 24.0 Å². The number of rotatable bonds is 3. The van der Waals surface area contributed by atoms with Crippen molar-refractivity contribution in [1.82, 2.24) is 25.0 Å². The van der Waals surface area contributed by atoms with E-state index in [9.17, 15) is 9.90 Å². The smallest absolute Gasteiger partial charge is 0.254 e. The molecule has 1 saturated heterocycles. The van der Waals surface area contributed by atoms with Gasteiger partial charge in [-0.3, -0.25) is 14.8 Å². The highest BCUT2D eigenvalue weighted by molar-refractivity contribution is 6.06. The predicted molar refractivity (Wildman–Crippen MR) is 104 cm³/mol. The van der Waals surface area contributed by atoms with Crippen LogP contribution in [0.25, 0.3) is 22.3 Å². The standard InChI is InChI=1S/C20H23N5O2/c1-13(2)24-7-9-25(10-8-24)20(27)16-11-18(14-3-5-15(26)6-4-14)22-19-17(16)12-21-23-19/h3-6,11-13,26H,7-10H2,1-2H3,(H,21,22,23). The van der Waals surface area contributed by atoms with Gasteiger partial charge < -0.3 is 10.0 Å². The first-order valence-electron chi connectivity index (χ1n) is 9.20. The number of phenols is 1. The van der Waals surface area contributed by atoms with Gasteiger partial charge in [0.05, 0.1) is 22.8 Å². The number of aromatic hydroxyl groups is 1. The van der Waals surface area contributed by atoms with Gasteiger partial charge in [-0.15, -0.1) is 0 Å². The van der Waals surface area contributed by atoms with Crippen LogP contribution in [0.15, 0.2) is 36.5 Å². The molecular weight excluding hydrogens is 342 g/mol. The number of amides is 1. The molecule has 2 N–H and O–H groups in total. The number of hydrogen-bond donors (Lipinski definition) is 2. The van der Waals surface area contributed by atoms with Gasteiger partial charge in [-0.1, -0.05) is 0 Å². The van der Waals surface area contributed by atoms with Crippen LogP contribution >= 0.6 is 0 Å². The molecule has 1 aromatic carbocycles. The Morgan fingerprint density at radius 2 is 1.85 bits per heavy atom. The molecule has 0 unspecified atom stereocenters. The number of nitrogens with one attached hydrogen (secondary N) is 1. The molecule has 2 aromatic heterocycles. The van der Waals surface area contributed by atoms with Crippen LogP contribution < -0.4 is 0 Å². The van der Waals surface area contributed by atoms with Crippen molar-refractivity contribution in [2.45, 2.75) is 19.9 Å². The number of fused-ring (bicyclic) bond motifs is 1. The van der Waals surface area contributed by atoms with Crippen LogP contribution in [0.1, 0.15) is 24.2 Å². The highest BCUT2D eigenvalue weighted by Gasteiger charge is 2.25. The molecule has 1 aliphatic rings.